The van der Waals surface area contributed by atoms with Gasteiger partial charge < -0.3 is 57.1 Å². The van der Waals surface area contributed by atoms with Gasteiger partial charge in [0, 0.05) is 88.7 Å². The lowest BCUT2D eigenvalue weighted by Crippen LogP contribution is -2.43. The minimum Gasteiger partial charge on any atom is -0.495 e. The van der Waals surface area contributed by atoms with E-state index in [9.17, 15) is 0 Å². The van der Waals surface area contributed by atoms with Crippen molar-refractivity contribution in [3.63, 3.8) is 0 Å². The summed E-state index contributed by atoms with van der Waals surface area (Å²) in [6, 6.07) is 24.0. The molecule has 3 fully saturated rings. The van der Waals surface area contributed by atoms with Crippen LogP contribution in [0.15, 0.2) is 116 Å². The number of pyridine rings is 1. The van der Waals surface area contributed by atoms with Crippen molar-refractivity contribution in [2.45, 2.75) is 90.1 Å². The van der Waals surface area contributed by atoms with Crippen molar-refractivity contribution in [3.8, 4) is 40.5 Å². The van der Waals surface area contributed by atoms with Gasteiger partial charge in [0.1, 0.15) is 68.1 Å². The summed E-state index contributed by atoms with van der Waals surface area (Å²) in [7, 11) is 5.67. The Balaban J connectivity index is 0.791. The number of anilines is 7. The second-order valence-electron chi connectivity index (χ2n) is 22.8. The van der Waals surface area contributed by atoms with Crippen LogP contribution in [0.1, 0.15) is 55.6 Å². The van der Waals surface area contributed by atoms with Crippen molar-refractivity contribution < 1.29 is 33.2 Å². The lowest BCUT2D eigenvalue weighted by molar-refractivity contribution is -0.0330. The van der Waals surface area contributed by atoms with Crippen LogP contribution in [0.2, 0.25) is 0 Å². The third-order valence-electron chi connectivity index (χ3n) is 16.2. The second-order valence-corrected chi connectivity index (χ2v) is 25.2. The zero-order valence-electron chi connectivity index (χ0n) is 51.1. The number of nitrogens with zero attached hydrogens (tertiary/aromatic N) is 18. The molecule has 3 saturated heterocycles. The SMILES string of the molecule is COc1cncc(-n2ccc3nc(N(c4cc(C)ns4)C4CC(Oc5nc(Nc6cc(C)ns6)nc6ccn(-c7cccc(N(C)C)c7)c56)CCO4)nc(OC4CCOC(N(c5nc(OC6CCOCC6)c6c(ccn6-c6ccnnc6)n5)c5cc(C)ns5)C4)c32)c1. The molecule has 26 nitrogen and oxygen atoms in total. The largest absolute Gasteiger partial charge is 0.495 e. The van der Waals surface area contributed by atoms with Crippen LogP contribution in [0.25, 0.3) is 50.2 Å². The van der Waals surface area contributed by atoms with Gasteiger partial charge in [-0.3, -0.25) is 14.8 Å². The quantitative estimate of drug-likeness (QED) is 0.0789. The number of rotatable bonds is 19. The van der Waals surface area contributed by atoms with Gasteiger partial charge >= 0.3 is 0 Å². The molecule has 3 aliphatic rings. The average Bonchev–Trinajstić information content (AvgIpc) is 1.59. The molecule has 14 heterocycles. The molecule has 0 aliphatic carbocycles. The Labute approximate surface area is 539 Å². The highest BCUT2D eigenvalue weighted by atomic mass is 32.1. The predicted molar refractivity (Wildman–Crippen MR) is 350 cm³/mol. The van der Waals surface area contributed by atoms with E-state index in [1.54, 1.807) is 31.9 Å². The number of hydrogen-bond donors (Lipinski definition) is 1. The van der Waals surface area contributed by atoms with E-state index in [1.165, 1.54) is 34.6 Å². The number of fused-ring (bicyclic) bond motifs is 3. The van der Waals surface area contributed by atoms with Crippen molar-refractivity contribution in [3.05, 3.63) is 133 Å². The Bertz CT molecular complexity index is 4600. The van der Waals surface area contributed by atoms with Gasteiger partial charge in [-0.15, -0.1) is 0 Å². The smallest absolute Gasteiger partial charge is 0.244 e. The first-order valence-electron chi connectivity index (χ1n) is 30.2. The summed E-state index contributed by atoms with van der Waals surface area (Å²) < 4.78 is 66.4. The van der Waals surface area contributed by atoms with E-state index >= 15 is 0 Å². The van der Waals surface area contributed by atoms with Crippen molar-refractivity contribution in [1.29, 1.82) is 0 Å². The molecule has 4 atom stereocenters. The second kappa shape index (κ2) is 25.3. The van der Waals surface area contributed by atoms with E-state index in [4.69, 9.17) is 71.8 Å². The normalized spacial score (nSPS) is 17.9. The lowest BCUT2D eigenvalue weighted by Gasteiger charge is -2.37. The summed E-state index contributed by atoms with van der Waals surface area (Å²) in [4.78, 5) is 42.0. The number of benzene rings is 1. The fraction of sp³-hybridized carbons (Fsp3) is 0.333. The average molecular weight is 1290 g/mol. The van der Waals surface area contributed by atoms with Gasteiger partial charge in [0.25, 0.3) is 0 Å². The summed E-state index contributed by atoms with van der Waals surface area (Å²) in [5.41, 5.74) is 10.1. The van der Waals surface area contributed by atoms with E-state index in [0.717, 1.165) is 60.4 Å². The molecular weight excluding hydrogens is 1230 g/mol. The Morgan fingerprint density at radius 3 is 1.67 bits per heavy atom. The van der Waals surface area contributed by atoms with Crippen LogP contribution in [0, 0.1) is 20.8 Å². The maximum absolute atomic E-state index is 7.36. The first-order chi connectivity index (χ1) is 45.0. The molecule has 0 radical (unpaired) electrons. The third-order valence-corrected chi connectivity index (χ3v) is 18.7. The number of hydrogen-bond acceptors (Lipinski definition) is 26. The number of nitrogens with one attached hydrogen (secondary N) is 1. The molecule has 15 rings (SSSR count). The maximum Gasteiger partial charge on any atom is 0.244 e. The van der Waals surface area contributed by atoms with Crippen LogP contribution in [-0.4, -0.2) is 150 Å². The van der Waals surface area contributed by atoms with E-state index < -0.39 is 24.7 Å². The van der Waals surface area contributed by atoms with Crippen molar-refractivity contribution in [2.75, 3.05) is 67.6 Å². The van der Waals surface area contributed by atoms with Crippen LogP contribution < -0.4 is 39.0 Å². The van der Waals surface area contributed by atoms with Crippen molar-refractivity contribution in [2.24, 2.45) is 0 Å². The first-order valence-corrected chi connectivity index (χ1v) is 32.5. The topological polar surface area (TPSA) is 256 Å². The molecule has 1 N–H and O–H groups in total. The first kappa shape index (κ1) is 58.8. The predicted octanol–water partition coefficient (Wildman–Crippen LogP) is 11.2. The maximum atomic E-state index is 7.36. The van der Waals surface area contributed by atoms with Crippen LogP contribution >= 0.6 is 34.6 Å². The summed E-state index contributed by atoms with van der Waals surface area (Å²) >= 11 is 4.02. The van der Waals surface area contributed by atoms with Gasteiger partial charge in [0.2, 0.25) is 35.5 Å². The highest BCUT2D eigenvalue weighted by molar-refractivity contribution is 7.10. The molecule has 0 amide bonds. The van der Waals surface area contributed by atoms with Crippen LogP contribution in [0.4, 0.5) is 38.5 Å². The van der Waals surface area contributed by atoms with E-state index in [1.807, 2.05) is 127 Å². The number of methoxy groups -OCH3 is 1. The van der Waals surface area contributed by atoms with Crippen LogP contribution in [0.5, 0.6) is 23.4 Å². The number of aromatic nitrogens is 15. The summed E-state index contributed by atoms with van der Waals surface area (Å²) in [5.74, 6) is 2.86. The highest BCUT2D eigenvalue weighted by Crippen LogP contribution is 2.42. The monoisotopic (exact) mass is 1290 g/mol. The Hall–Kier alpha value is -9.52. The van der Waals surface area contributed by atoms with E-state index in [-0.39, 0.29) is 6.10 Å². The van der Waals surface area contributed by atoms with Crippen LogP contribution in [0.3, 0.4) is 0 Å². The summed E-state index contributed by atoms with van der Waals surface area (Å²) in [5, 5.41) is 13.9. The van der Waals surface area contributed by atoms with E-state index in [2.05, 4.69) is 52.5 Å². The summed E-state index contributed by atoms with van der Waals surface area (Å²) in [6.45, 7) is 7.75. The fourth-order valence-electron chi connectivity index (χ4n) is 11.7. The Morgan fingerprint density at radius 2 is 1.11 bits per heavy atom. The molecule has 470 valence electrons. The molecule has 11 aromatic heterocycles. The minimum atomic E-state index is -0.637. The summed E-state index contributed by atoms with van der Waals surface area (Å²) in [6.07, 6.45) is 13.7. The molecule has 12 aromatic rings. The number of aryl methyl sites for hydroxylation is 3. The molecule has 4 unspecified atom stereocenters. The highest BCUT2D eigenvalue weighted by Gasteiger charge is 2.38. The van der Waals surface area contributed by atoms with Crippen LogP contribution in [-0.2, 0) is 14.2 Å². The van der Waals surface area contributed by atoms with Crippen molar-refractivity contribution in [1.82, 2.24) is 71.9 Å². The van der Waals surface area contributed by atoms with E-state index in [0.29, 0.717) is 134 Å². The number of ether oxygens (including phenoxy) is 7. The van der Waals surface area contributed by atoms with Crippen molar-refractivity contribution >= 4 is 106 Å². The molecule has 3 aliphatic heterocycles. The standard InChI is InChI=1S/C63H63N19O7S3/c1-36-26-50(90-74-36)70-61-67-47-11-19-78(40-9-7-8-39(29-40)77(4)5)55(47)58(71-61)88-44-16-24-85-51(31-44)82(54-28-38(3)76-92-54)63-69-49-13-21-80(42-30-46(83-6)35-64-33-42)57(49)60(73-63)89-45-17-25-86-52(32-45)81(53-27-37(2)75-91-53)62-68-48-12-20-79(41-10-18-65-66-34-41)56(48)59(72-62)87-43-14-22-84-23-15-43/h7-13,18-21,26-30,33-35,43-45,51-52H,14-17,22-25,31-32H2,1-6H3,(H,67,70,71). The van der Waals surface area contributed by atoms with Gasteiger partial charge in [-0.05, 0) is 116 Å². The molecule has 0 bridgehead atoms. The molecule has 0 spiro atoms. The molecular formula is C63H63N19O7S3. The fourth-order valence-corrected chi connectivity index (χ4v) is 14.0. The zero-order valence-corrected chi connectivity index (χ0v) is 53.5. The lowest BCUT2D eigenvalue weighted by atomic mass is 10.1. The van der Waals surface area contributed by atoms with Gasteiger partial charge in [-0.1, -0.05) is 6.07 Å². The zero-order chi connectivity index (χ0) is 62.4. The Morgan fingerprint density at radius 1 is 0.543 bits per heavy atom. The Kier molecular flexibility index (Phi) is 16.2. The molecule has 0 saturated carbocycles. The van der Waals surface area contributed by atoms with Gasteiger partial charge in [0.05, 0.1) is 103 Å². The van der Waals surface area contributed by atoms with Gasteiger partial charge in [-0.25, -0.2) is 15.0 Å². The molecule has 92 heavy (non-hydrogen) atoms. The molecule has 1 aromatic carbocycles. The minimum absolute atomic E-state index is 0.129. The molecule has 29 heteroatoms. The van der Waals surface area contributed by atoms with Gasteiger partial charge in [0.15, 0.2) is 0 Å². The van der Waals surface area contributed by atoms with Gasteiger partial charge in [-0.2, -0.15) is 38.3 Å². The third kappa shape index (κ3) is 11.9.